The summed E-state index contributed by atoms with van der Waals surface area (Å²) in [6, 6.07) is 1.29. The van der Waals surface area contributed by atoms with Crippen LogP contribution in [0.25, 0.3) is 0 Å². The number of alkyl halides is 3. The Labute approximate surface area is 108 Å². The third kappa shape index (κ3) is 4.87. The van der Waals surface area contributed by atoms with Crippen molar-refractivity contribution in [3.63, 3.8) is 0 Å². The minimum Gasteiger partial charge on any atom is -0.377 e. The first-order valence-corrected chi connectivity index (χ1v) is 5.65. The zero-order valence-corrected chi connectivity index (χ0v) is 10.6. The Morgan fingerprint density at radius 3 is 2.53 bits per heavy atom. The predicted octanol–water partition coefficient (Wildman–Crippen LogP) is 1.62. The van der Waals surface area contributed by atoms with Gasteiger partial charge in [0, 0.05) is 19.2 Å². The van der Waals surface area contributed by atoms with Gasteiger partial charge >= 0.3 is 6.18 Å². The van der Waals surface area contributed by atoms with Crippen molar-refractivity contribution in [1.29, 1.82) is 0 Å². The molecule has 0 spiro atoms. The maximum Gasteiger partial charge on any atom is 0.451 e. The minimum atomic E-state index is -4.63. The fourth-order valence-electron chi connectivity index (χ4n) is 1.33. The van der Waals surface area contributed by atoms with E-state index in [0.29, 0.717) is 13.2 Å². The van der Waals surface area contributed by atoms with Crippen LogP contribution in [0.1, 0.15) is 19.7 Å². The van der Waals surface area contributed by atoms with Crippen molar-refractivity contribution >= 4 is 11.6 Å². The Morgan fingerprint density at radius 1 is 1.37 bits per heavy atom. The van der Waals surface area contributed by atoms with E-state index in [2.05, 4.69) is 20.7 Å². The molecular weight excluding hydrogens is 263 g/mol. The molecule has 1 atom stereocenters. The fourth-order valence-corrected chi connectivity index (χ4v) is 1.33. The molecule has 1 heterocycles. The van der Waals surface area contributed by atoms with Gasteiger partial charge in [0.2, 0.25) is 5.82 Å². The lowest BCUT2D eigenvalue weighted by Gasteiger charge is -2.14. The molecule has 0 aliphatic carbocycles. The Kier molecular flexibility index (Phi) is 5.31. The zero-order chi connectivity index (χ0) is 14.5. The van der Waals surface area contributed by atoms with Gasteiger partial charge in [0.25, 0.3) is 0 Å². The first-order valence-electron chi connectivity index (χ1n) is 5.65. The third-order valence-corrected chi connectivity index (χ3v) is 2.15. The van der Waals surface area contributed by atoms with E-state index in [4.69, 9.17) is 10.6 Å². The molecule has 1 aromatic heterocycles. The van der Waals surface area contributed by atoms with Crippen molar-refractivity contribution < 1.29 is 17.9 Å². The highest BCUT2D eigenvalue weighted by Crippen LogP contribution is 2.28. The smallest absolute Gasteiger partial charge is 0.377 e. The molecular formula is C10H16F3N5O. The topological polar surface area (TPSA) is 85.1 Å². The number of nitrogens with one attached hydrogen (secondary N) is 2. The Balaban J connectivity index is 2.83. The van der Waals surface area contributed by atoms with Crippen molar-refractivity contribution in [3.05, 3.63) is 11.9 Å². The fraction of sp³-hybridized carbons (Fsp3) is 0.600. The molecule has 0 saturated carbocycles. The molecule has 0 amide bonds. The van der Waals surface area contributed by atoms with E-state index in [1.54, 1.807) is 6.92 Å². The highest BCUT2D eigenvalue weighted by molar-refractivity contribution is 5.47. The van der Waals surface area contributed by atoms with Crippen LogP contribution in [0.5, 0.6) is 0 Å². The highest BCUT2D eigenvalue weighted by Gasteiger charge is 2.35. The SMILES string of the molecule is CCOC(C)CNc1cc(NN)nc(C(F)(F)F)n1. The van der Waals surface area contributed by atoms with E-state index >= 15 is 0 Å². The van der Waals surface area contributed by atoms with Gasteiger partial charge in [-0.1, -0.05) is 0 Å². The molecule has 0 fully saturated rings. The quantitative estimate of drug-likeness (QED) is 0.542. The standard InChI is InChI=1S/C10H16F3N5O/c1-3-19-6(2)5-15-7-4-8(18-14)17-9(16-7)10(11,12)13/h4,6H,3,5,14H2,1-2H3,(H2,15,16,17,18). The van der Waals surface area contributed by atoms with E-state index < -0.39 is 12.0 Å². The largest absolute Gasteiger partial charge is 0.451 e. The molecule has 6 nitrogen and oxygen atoms in total. The maximum atomic E-state index is 12.6. The zero-order valence-electron chi connectivity index (χ0n) is 10.6. The van der Waals surface area contributed by atoms with Crippen LogP contribution < -0.4 is 16.6 Å². The number of aromatic nitrogens is 2. The summed E-state index contributed by atoms with van der Waals surface area (Å²) in [6.07, 6.45) is -4.78. The molecule has 0 aromatic carbocycles. The molecule has 9 heteroatoms. The van der Waals surface area contributed by atoms with E-state index in [0.717, 1.165) is 0 Å². The van der Waals surface area contributed by atoms with Gasteiger partial charge in [-0.2, -0.15) is 13.2 Å². The lowest BCUT2D eigenvalue weighted by Crippen LogP contribution is -2.22. The Bertz CT molecular complexity index is 413. The number of nitrogen functional groups attached to an aromatic ring is 1. The summed E-state index contributed by atoms with van der Waals surface area (Å²) in [4.78, 5) is 6.63. The van der Waals surface area contributed by atoms with Crippen molar-refractivity contribution in [2.75, 3.05) is 23.9 Å². The molecule has 1 rings (SSSR count). The van der Waals surface area contributed by atoms with E-state index in [-0.39, 0.29) is 17.7 Å². The number of hydrogen-bond donors (Lipinski definition) is 3. The predicted molar refractivity (Wildman–Crippen MR) is 64.4 cm³/mol. The van der Waals surface area contributed by atoms with Gasteiger partial charge in [-0.25, -0.2) is 15.8 Å². The average molecular weight is 279 g/mol. The molecule has 108 valence electrons. The molecule has 19 heavy (non-hydrogen) atoms. The molecule has 0 aliphatic heterocycles. The normalized spacial score (nSPS) is 13.2. The van der Waals surface area contributed by atoms with Crippen molar-refractivity contribution in [1.82, 2.24) is 9.97 Å². The summed E-state index contributed by atoms with van der Waals surface area (Å²) in [5, 5.41) is 2.74. The van der Waals surface area contributed by atoms with Crippen LogP contribution in [0.2, 0.25) is 0 Å². The van der Waals surface area contributed by atoms with Crippen LogP contribution in [0.3, 0.4) is 0 Å². The number of halogens is 3. The average Bonchev–Trinajstić information content (AvgIpc) is 2.35. The molecule has 0 saturated heterocycles. The van der Waals surface area contributed by atoms with Crippen molar-refractivity contribution in [2.24, 2.45) is 5.84 Å². The number of anilines is 2. The number of hydrazine groups is 1. The van der Waals surface area contributed by atoms with Gasteiger partial charge in [-0.05, 0) is 13.8 Å². The summed E-state index contributed by atoms with van der Waals surface area (Å²) in [7, 11) is 0. The van der Waals surface area contributed by atoms with Crippen LogP contribution in [-0.4, -0.2) is 29.2 Å². The first kappa shape index (κ1) is 15.4. The van der Waals surface area contributed by atoms with Gasteiger partial charge in [-0.3, -0.25) is 0 Å². The van der Waals surface area contributed by atoms with Gasteiger partial charge in [-0.15, -0.1) is 0 Å². The summed E-state index contributed by atoms with van der Waals surface area (Å²) in [5.74, 6) is 3.73. The number of hydrogen-bond acceptors (Lipinski definition) is 6. The summed E-state index contributed by atoms with van der Waals surface area (Å²) in [6.45, 7) is 4.48. The second kappa shape index (κ2) is 6.53. The van der Waals surface area contributed by atoms with Crippen molar-refractivity contribution in [2.45, 2.75) is 26.1 Å². The van der Waals surface area contributed by atoms with Crippen molar-refractivity contribution in [3.8, 4) is 0 Å². The Morgan fingerprint density at radius 2 is 2.00 bits per heavy atom. The molecule has 1 aromatic rings. The lowest BCUT2D eigenvalue weighted by atomic mass is 10.4. The molecule has 4 N–H and O–H groups in total. The number of ether oxygens (including phenoxy) is 1. The van der Waals surface area contributed by atoms with E-state index in [1.807, 2.05) is 6.92 Å². The number of nitrogens with two attached hydrogens (primary N) is 1. The highest BCUT2D eigenvalue weighted by atomic mass is 19.4. The van der Waals surface area contributed by atoms with Crippen LogP contribution >= 0.6 is 0 Å². The first-order chi connectivity index (χ1) is 8.86. The monoisotopic (exact) mass is 279 g/mol. The van der Waals surface area contributed by atoms with Gasteiger partial charge in [0.15, 0.2) is 0 Å². The Hall–Kier alpha value is -1.61. The molecule has 0 radical (unpaired) electrons. The summed E-state index contributed by atoms with van der Waals surface area (Å²) < 4.78 is 42.9. The molecule has 0 aliphatic rings. The summed E-state index contributed by atoms with van der Waals surface area (Å²) >= 11 is 0. The van der Waals surface area contributed by atoms with Gasteiger partial charge in [0.1, 0.15) is 11.6 Å². The maximum absolute atomic E-state index is 12.6. The third-order valence-electron chi connectivity index (χ3n) is 2.15. The van der Waals surface area contributed by atoms with Gasteiger partial charge < -0.3 is 15.5 Å². The van der Waals surface area contributed by atoms with Crippen LogP contribution in [-0.2, 0) is 10.9 Å². The van der Waals surface area contributed by atoms with Gasteiger partial charge in [0.05, 0.1) is 6.10 Å². The minimum absolute atomic E-state index is 0.0295. The van der Waals surface area contributed by atoms with E-state index in [1.165, 1.54) is 6.07 Å². The van der Waals surface area contributed by atoms with Crippen LogP contribution in [0.4, 0.5) is 24.8 Å². The van der Waals surface area contributed by atoms with E-state index in [9.17, 15) is 13.2 Å². The van der Waals surface area contributed by atoms with Crippen LogP contribution in [0.15, 0.2) is 6.07 Å². The number of nitrogens with zero attached hydrogens (tertiary/aromatic N) is 2. The second-order valence-electron chi connectivity index (χ2n) is 3.75. The summed E-state index contributed by atoms with van der Waals surface area (Å²) in [5.41, 5.74) is 2.07. The lowest BCUT2D eigenvalue weighted by molar-refractivity contribution is -0.144. The van der Waals surface area contributed by atoms with Crippen LogP contribution in [0, 0.1) is 0 Å². The number of rotatable bonds is 6. The molecule has 0 bridgehead atoms. The molecule has 1 unspecified atom stereocenters. The second-order valence-corrected chi connectivity index (χ2v) is 3.75.